The van der Waals surface area contributed by atoms with E-state index in [4.69, 9.17) is 11.6 Å². The molecule has 90 valence electrons. The first-order chi connectivity index (χ1) is 8.04. The van der Waals surface area contributed by atoms with Gasteiger partial charge in [-0.1, -0.05) is 17.3 Å². The van der Waals surface area contributed by atoms with E-state index in [1.54, 1.807) is 0 Å². The maximum absolute atomic E-state index is 12.8. The van der Waals surface area contributed by atoms with Crippen molar-refractivity contribution in [1.29, 1.82) is 0 Å². The maximum Gasteiger partial charge on any atom is 0.418 e. The highest BCUT2D eigenvalue weighted by atomic mass is 35.5. The minimum absolute atomic E-state index is 0.0409. The zero-order valence-corrected chi connectivity index (χ0v) is 9.20. The van der Waals surface area contributed by atoms with Crippen LogP contribution in [0, 0.1) is 0 Å². The first-order valence-corrected chi connectivity index (χ1v) is 5.19. The van der Waals surface area contributed by atoms with Gasteiger partial charge < -0.3 is 0 Å². The van der Waals surface area contributed by atoms with Crippen LogP contribution >= 0.6 is 11.6 Å². The molecule has 0 aliphatic rings. The highest BCUT2D eigenvalue weighted by Crippen LogP contribution is 2.33. The molecule has 2 rings (SSSR count). The lowest BCUT2D eigenvalue weighted by Crippen LogP contribution is -2.12. The first-order valence-electron chi connectivity index (χ1n) is 4.66. The Morgan fingerprint density at radius 1 is 1.24 bits per heavy atom. The third-order valence-electron chi connectivity index (χ3n) is 2.19. The SMILES string of the molecule is FC(F)(F)c1ccccc1-n1nncc1CCl. The monoisotopic (exact) mass is 261 g/mol. The van der Waals surface area contributed by atoms with Gasteiger partial charge in [-0.2, -0.15) is 13.2 Å². The number of para-hydroxylation sites is 1. The van der Waals surface area contributed by atoms with Gasteiger partial charge in [0.1, 0.15) is 0 Å². The first kappa shape index (κ1) is 11.9. The molecule has 0 amide bonds. The second-order valence-electron chi connectivity index (χ2n) is 3.29. The normalized spacial score (nSPS) is 11.8. The number of hydrogen-bond acceptors (Lipinski definition) is 2. The zero-order chi connectivity index (χ0) is 12.5. The Morgan fingerprint density at radius 2 is 1.94 bits per heavy atom. The number of benzene rings is 1. The molecule has 2 aromatic rings. The topological polar surface area (TPSA) is 30.7 Å². The fourth-order valence-electron chi connectivity index (χ4n) is 1.45. The fourth-order valence-corrected chi connectivity index (χ4v) is 1.63. The van der Waals surface area contributed by atoms with Crippen LogP contribution in [0.25, 0.3) is 5.69 Å². The summed E-state index contributed by atoms with van der Waals surface area (Å²) >= 11 is 5.61. The Kier molecular flexibility index (Phi) is 3.06. The molecule has 17 heavy (non-hydrogen) atoms. The predicted molar refractivity (Wildman–Crippen MR) is 55.9 cm³/mol. The molecular weight excluding hydrogens is 255 g/mol. The van der Waals surface area contributed by atoms with Crippen molar-refractivity contribution >= 4 is 11.6 Å². The highest BCUT2D eigenvalue weighted by molar-refractivity contribution is 6.16. The molecule has 0 atom stereocenters. The van der Waals surface area contributed by atoms with Crippen molar-refractivity contribution in [3.05, 3.63) is 41.7 Å². The molecule has 0 radical (unpaired) electrons. The summed E-state index contributed by atoms with van der Waals surface area (Å²) in [7, 11) is 0. The smallest absolute Gasteiger partial charge is 0.216 e. The summed E-state index contributed by atoms with van der Waals surface area (Å²) in [4.78, 5) is 0. The van der Waals surface area contributed by atoms with E-state index in [-0.39, 0.29) is 11.6 Å². The van der Waals surface area contributed by atoms with Crippen molar-refractivity contribution in [2.45, 2.75) is 12.1 Å². The molecule has 0 saturated heterocycles. The van der Waals surface area contributed by atoms with Crippen LogP contribution in [0.3, 0.4) is 0 Å². The number of aromatic nitrogens is 3. The molecule has 0 aliphatic carbocycles. The van der Waals surface area contributed by atoms with Gasteiger partial charge in [0.15, 0.2) is 0 Å². The Balaban J connectivity index is 2.60. The largest absolute Gasteiger partial charge is 0.418 e. The van der Waals surface area contributed by atoms with Gasteiger partial charge >= 0.3 is 6.18 Å². The molecule has 0 saturated carbocycles. The molecule has 0 unspecified atom stereocenters. The van der Waals surface area contributed by atoms with Gasteiger partial charge in [-0.05, 0) is 12.1 Å². The van der Waals surface area contributed by atoms with Crippen LogP contribution < -0.4 is 0 Å². The predicted octanol–water partition coefficient (Wildman–Crippen LogP) is 3.02. The molecule has 1 aromatic heterocycles. The van der Waals surface area contributed by atoms with Gasteiger partial charge in [-0.3, -0.25) is 0 Å². The number of hydrogen-bond donors (Lipinski definition) is 0. The fraction of sp³-hybridized carbons (Fsp3) is 0.200. The maximum atomic E-state index is 12.8. The van der Waals surface area contributed by atoms with E-state index in [2.05, 4.69) is 10.3 Å². The highest BCUT2D eigenvalue weighted by Gasteiger charge is 2.34. The average molecular weight is 262 g/mol. The van der Waals surface area contributed by atoms with Crippen LogP contribution in [0.15, 0.2) is 30.5 Å². The van der Waals surface area contributed by atoms with Gasteiger partial charge in [0, 0.05) is 0 Å². The summed E-state index contributed by atoms with van der Waals surface area (Å²) in [6.45, 7) is 0. The molecule has 7 heteroatoms. The van der Waals surface area contributed by atoms with E-state index in [9.17, 15) is 13.2 Å². The van der Waals surface area contributed by atoms with E-state index < -0.39 is 11.7 Å². The molecule has 0 spiro atoms. The summed E-state index contributed by atoms with van der Waals surface area (Å²) < 4.78 is 39.4. The van der Waals surface area contributed by atoms with Gasteiger partial charge in [-0.15, -0.1) is 16.7 Å². The van der Waals surface area contributed by atoms with Crippen molar-refractivity contribution in [2.75, 3.05) is 0 Å². The molecule has 0 fully saturated rings. The van der Waals surface area contributed by atoms with Gasteiger partial charge in [-0.25, -0.2) is 4.68 Å². The van der Waals surface area contributed by atoms with Gasteiger partial charge in [0.25, 0.3) is 0 Å². The van der Waals surface area contributed by atoms with Crippen LogP contribution in [-0.2, 0) is 12.1 Å². The van der Waals surface area contributed by atoms with Crippen molar-refractivity contribution in [3.63, 3.8) is 0 Å². The molecule has 0 aliphatic heterocycles. The molecule has 0 bridgehead atoms. The molecular formula is C10H7ClF3N3. The van der Waals surface area contributed by atoms with E-state index >= 15 is 0 Å². The van der Waals surface area contributed by atoms with Crippen LogP contribution in [0.5, 0.6) is 0 Å². The van der Waals surface area contributed by atoms with Crippen molar-refractivity contribution in [2.24, 2.45) is 0 Å². The van der Waals surface area contributed by atoms with Gasteiger partial charge in [0.2, 0.25) is 0 Å². The minimum atomic E-state index is -4.44. The van der Waals surface area contributed by atoms with Crippen LogP contribution in [-0.4, -0.2) is 15.0 Å². The lowest BCUT2D eigenvalue weighted by atomic mass is 10.1. The van der Waals surface area contributed by atoms with Gasteiger partial charge in [0.05, 0.1) is 29.0 Å². The lowest BCUT2D eigenvalue weighted by molar-refractivity contribution is -0.137. The Morgan fingerprint density at radius 3 is 2.59 bits per heavy atom. The van der Waals surface area contributed by atoms with Crippen molar-refractivity contribution < 1.29 is 13.2 Å². The van der Waals surface area contributed by atoms with E-state index in [0.29, 0.717) is 5.69 Å². The second-order valence-corrected chi connectivity index (χ2v) is 3.55. The third-order valence-corrected chi connectivity index (χ3v) is 2.47. The summed E-state index contributed by atoms with van der Waals surface area (Å²) in [5.41, 5.74) is -0.437. The van der Waals surface area contributed by atoms with Crippen LogP contribution in [0.2, 0.25) is 0 Å². The van der Waals surface area contributed by atoms with E-state index in [1.807, 2.05) is 0 Å². The van der Waals surface area contributed by atoms with Crippen LogP contribution in [0.4, 0.5) is 13.2 Å². The molecule has 1 heterocycles. The number of nitrogens with zero attached hydrogens (tertiary/aromatic N) is 3. The lowest BCUT2D eigenvalue weighted by Gasteiger charge is -2.13. The summed E-state index contributed by atoms with van der Waals surface area (Å²) in [5.74, 6) is 0.0409. The number of rotatable bonds is 2. The molecule has 0 N–H and O–H groups in total. The summed E-state index contributed by atoms with van der Waals surface area (Å²) in [6.07, 6.45) is -3.10. The molecule has 1 aromatic carbocycles. The van der Waals surface area contributed by atoms with Crippen LogP contribution in [0.1, 0.15) is 11.3 Å². The third kappa shape index (κ3) is 2.26. The quantitative estimate of drug-likeness (QED) is 0.778. The van der Waals surface area contributed by atoms with E-state index in [0.717, 1.165) is 10.7 Å². The Bertz CT molecular complexity index is 522. The average Bonchev–Trinajstić information content (AvgIpc) is 2.75. The molecule has 3 nitrogen and oxygen atoms in total. The Hall–Kier alpha value is -1.56. The number of alkyl halides is 4. The zero-order valence-electron chi connectivity index (χ0n) is 8.45. The van der Waals surface area contributed by atoms with Crippen molar-refractivity contribution in [1.82, 2.24) is 15.0 Å². The Labute approximate surface area is 99.8 Å². The number of halogens is 4. The minimum Gasteiger partial charge on any atom is -0.216 e. The second kappa shape index (κ2) is 4.37. The van der Waals surface area contributed by atoms with E-state index in [1.165, 1.54) is 24.4 Å². The summed E-state index contributed by atoms with van der Waals surface area (Å²) in [5, 5.41) is 7.17. The summed E-state index contributed by atoms with van der Waals surface area (Å²) in [6, 6.07) is 5.15. The van der Waals surface area contributed by atoms with Crippen molar-refractivity contribution in [3.8, 4) is 5.69 Å². The standard InChI is InChI=1S/C10H7ClF3N3/c11-5-7-6-15-16-17(7)9-4-2-1-3-8(9)10(12,13)14/h1-4,6H,5H2.